The van der Waals surface area contributed by atoms with Gasteiger partial charge in [0.2, 0.25) is 5.91 Å². The highest BCUT2D eigenvalue weighted by molar-refractivity contribution is 5.76. The number of rotatable bonds is 5. The fraction of sp³-hybridized carbons (Fsp3) is 0.762. The molecule has 2 heterocycles. The molecule has 2 amide bonds. The first-order chi connectivity index (χ1) is 13.0. The summed E-state index contributed by atoms with van der Waals surface area (Å²) < 4.78 is 7.33. The predicted octanol–water partition coefficient (Wildman–Crippen LogP) is 3.38. The monoisotopic (exact) mass is 392 g/mol. The maximum atomic E-state index is 12.8. The third-order valence-electron chi connectivity index (χ3n) is 4.97. The average Bonchev–Trinajstić information content (AvgIpc) is 2.88. The molecule has 1 saturated heterocycles. The number of amides is 2. The topological polar surface area (TPSA) is 67.7 Å². The number of carbonyl (C=O) groups is 2. The Hall–Kier alpha value is -2.05. The molecule has 0 spiro atoms. The molecule has 0 aromatic carbocycles. The Balaban J connectivity index is 1.98. The van der Waals surface area contributed by atoms with Gasteiger partial charge in [0.05, 0.1) is 5.69 Å². The summed E-state index contributed by atoms with van der Waals surface area (Å²) in [4.78, 5) is 29.1. The molecular formula is C21H36N4O3. The molecule has 0 aliphatic carbocycles. The molecule has 1 aliphatic rings. The van der Waals surface area contributed by atoms with Gasteiger partial charge >= 0.3 is 6.09 Å². The van der Waals surface area contributed by atoms with Crippen molar-refractivity contribution in [3.05, 3.63) is 17.5 Å². The first kappa shape index (κ1) is 22.2. The van der Waals surface area contributed by atoms with Crippen molar-refractivity contribution in [1.29, 1.82) is 0 Å². The number of nitrogens with zero attached hydrogens (tertiary/aromatic N) is 4. The van der Waals surface area contributed by atoms with Gasteiger partial charge in [-0.2, -0.15) is 5.10 Å². The van der Waals surface area contributed by atoms with Gasteiger partial charge in [0.1, 0.15) is 12.1 Å². The largest absolute Gasteiger partial charge is 0.444 e. The van der Waals surface area contributed by atoms with E-state index in [-0.39, 0.29) is 30.5 Å². The summed E-state index contributed by atoms with van der Waals surface area (Å²) in [7, 11) is 0. The first-order valence-corrected chi connectivity index (χ1v) is 10.2. The van der Waals surface area contributed by atoms with Crippen LogP contribution in [-0.2, 0) is 16.1 Å². The predicted molar refractivity (Wildman–Crippen MR) is 109 cm³/mol. The molecular weight excluding hydrogens is 356 g/mol. The zero-order valence-corrected chi connectivity index (χ0v) is 18.5. The Labute approximate surface area is 169 Å². The Morgan fingerprint density at radius 1 is 1.32 bits per heavy atom. The molecule has 0 N–H and O–H groups in total. The normalized spacial score (nSPS) is 17.7. The van der Waals surface area contributed by atoms with E-state index in [1.807, 2.05) is 59.4 Å². The summed E-state index contributed by atoms with van der Waals surface area (Å²) in [5, 5.41) is 4.39. The molecule has 2 rings (SSSR count). The van der Waals surface area contributed by atoms with Gasteiger partial charge in [0, 0.05) is 31.4 Å². The van der Waals surface area contributed by atoms with Crippen molar-refractivity contribution in [2.45, 2.75) is 79.5 Å². The lowest BCUT2D eigenvalue weighted by Crippen LogP contribution is -2.48. The maximum Gasteiger partial charge on any atom is 0.410 e. The van der Waals surface area contributed by atoms with Crippen LogP contribution in [0.5, 0.6) is 0 Å². The molecule has 158 valence electrons. The lowest BCUT2D eigenvalue weighted by atomic mass is 9.97. The van der Waals surface area contributed by atoms with Crippen LogP contribution < -0.4 is 0 Å². The van der Waals surface area contributed by atoms with E-state index >= 15 is 0 Å². The summed E-state index contributed by atoms with van der Waals surface area (Å²) in [6.45, 7) is 15.8. The number of aromatic nitrogens is 2. The summed E-state index contributed by atoms with van der Waals surface area (Å²) in [5.74, 6) is 0.345. The average molecular weight is 393 g/mol. The number of aryl methyl sites for hydroxylation is 2. The van der Waals surface area contributed by atoms with Gasteiger partial charge in [-0.05, 0) is 73.3 Å². The van der Waals surface area contributed by atoms with Gasteiger partial charge < -0.3 is 14.5 Å². The summed E-state index contributed by atoms with van der Waals surface area (Å²) in [6.07, 6.45) is 1.68. The zero-order valence-electron chi connectivity index (χ0n) is 18.5. The quantitative estimate of drug-likeness (QED) is 0.770. The zero-order chi connectivity index (χ0) is 21.1. The van der Waals surface area contributed by atoms with Crippen molar-refractivity contribution < 1.29 is 14.3 Å². The van der Waals surface area contributed by atoms with Crippen molar-refractivity contribution in [2.24, 2.45) is 5.92 Å². The number of ether oxygens (including phenoxy) is 1. The van der Waals surface area contributed by atoms with Crippen LogP contribution in [0.3, 0.4) is 0 Å². The lowest BCUT2D eigenvalue weighted by molar-refractivity contribution is -0.134. The van der Waals surface area contributed by atoms with E-state index in [4.69, 9.17) is 4.74 Å². The molecule has 0 radical (unpaired) electrons. The van der Waals surface area contributed by atoms with E-state index in [0.29, 0.717) is 13.1 Å². The van der Waals surface area contributed by atoms with Crippen molar-refractivity contribution in [3.63, 3.8) is 0 Å². The van der Waals surface area contributed by atoms with Gasteiger partial charge in [0.25, 0.3) is 0 Å². The number of hydrogen-bond donors (Lipinski definition) is 0. The highest BCUT2D eigenvalue weighted by Crippen LogP contribution is 2.21. The van der Waals surface area contributed by atoms with E-state index in [1.54, 1.807) is 9.58 Å². The van der Waals surface area contributed by atoms with Crippen LogP contribution in [0.25, 0.3) is 0 Å². The second-order valence-corrected chi connectivity index (χ2v) is 9.16. The molecule has 1 aromatic rings. The molecule has 1 atom stereocenters. The minimum atomic E-state index is -0.515. The van der Waals surface area contributed by atoms with Crippen LogP contribution in [0.1, 0.15) is 58.8 Å². The van der Waals surface area contributed by atoms with E-state index < -0.39 is 5.60 Å². The molecule has 7 heteroatoms. The third kappa shape index (κ3) is 6.24. The molecule has 0 saturated carbocycles. The first-order valence-electron chi connectivity index (χ1n) is 10.2. The van der Waals surface area contributed by atoms with Gasteiger partial charge in [-0.25, -0.2) is 4.79 Å². The van der Waals surface area contributed by atoms with Gasteiger partial charge in [0.15, 0.2) is 0 Å². The highest BCUT2D eigenvalue weighted by Gasteiger charge is 2.30. The molecule has 7 nitrogen and oxygen atoms in total. The van der Waals surface area contributed by atoms with Gasteiger partial charge in [-0.3, -0.25) is 9.48 Å². The molecule has 1 fully saturated rings. The van der Waals surface area contributed by atoms with Crippen LogP contribution in [-0.4, -0.2) is 62.9 Å². The summed E-state index contributed by atoms with van der Waals surface area (Å²) >= 11 is 0. The molecule has 28 heavy (non-hydrogen) atoms. The van der Waals surface area contributed by atoms with Crippen molar-refractivity contribution in [2.75, 3.05) is 19.6 Å². The SMILES string of the molecule is Cc1cc(C)n(CC(=O)N2CCCC(CN(C(=O)OC(C)(C)C)C(C)C)C2)n1. The van der Waals surface area contributed by atoms with E-state index in [2.05, 4.69) is 5.10 Å². The Kier molecular flexibility index (Phi) is 7.12. The number of hydrogen-bond acceptors (Lipinski definition) is 4. The standard InChI is InChI=1S/C21H36N4O3/c1-15(2)24(20(27)28-21(5,6)7)13-18-9-8-10-23(12-18)19(26)14-25-17(4)11-16(3)22-25/h11,15,18H,8-10,12-14H2,1-7H3. The fourth-order valence-electron chi connectivity index (χ4n) is 3.60. The maximum absolute atomic E-state index is 12.8. The minimum Gasteiger partial charge on any atom is -0.444 e. The number of likely N-dealkylation sites (tertiary alicyclic amines) is 1. The van der Waals surface area contributed by atoms with E-state index in [0.717, 1.165) is 30.8 Å². The highest BCUT2D eigenvalue weighted by atomic mass is 16.6. The van der Waals surface area contributed by atoms with Crippen molar-refractivity contribution >= 4 is 12.0 Å². The second kappa shape index (κ2) is 8.97. The second-order valence-electron chi connectivity index (χ2n) is 9.16. The number of piperidine rings is 1. The minimum absolute atomic E-state index is 0.0515. The third-order valence-corrected chi connectivity index (χ3v) is 4.97. The molecule has 1 aromatic heterocycles. The number of carbonyl (C=O) groups excluding carboxylic acids is 2. The molecule has 0 bridgehead atoms. The summed E-state index contributed by atoms with van der Waals surface area (Å²) in [5.41, 5.74) is 1.40. The van der Waals surface area contributed by atoms with Crippen molar-refractivity contribution in [3.8, 4) is 0 Å². The Bertz CT molecular complexity index is 690. The lowest BCUT2D eigenvalue weighted by Gasteiger charge is -2.37. The van der Waals surface area contributed by atoms with Crippen LogP contribution >= 0.6 is 0 Å². The van der Waals surface area contributed by atoms with Crippen LogP contribution in [0.4, 0.5) is 4.79 Å². The van der Waals surface area contributed by atoms with E-state index in [1.165, 1.54) is 0 Å². The Morgan fingerprint density at radius 3 is 2.54 bits per heavy atom. The smallest absolute Gasteiger partial charge is 0.410 e. The molecule has 1 unspecified atom stereocenters. The van der Waals surface area contributed by atoms with Crippen LogP contribution in [0.15, 0.2) is 6.07 Å². The van der Waals surface area contributed by atoms with Crippen molar-refractivity contribution in [1.82, 2.24) is 19.6 Å². The van der Waals surface area contributed by atoms with Gasteiger partial charge in [-0.15, -0.1) is 0 Å². The summed E-state index contributed by atoms with van der Waals surface area (Å²) in [6, 6.07) is 2.03. The fourth-order valence-corrected chi connectivity index (χ4v) is 3.60. The van der Waals surface area contributed by atoms with Crippen LogP contribution in [0.2, 0.25) is 0 Å². The molecule has 1 aliphatic heterocycles. The van der Waals surface area contributed by atoms with Gasteiger partial charge in [-0.1, -0.05) is 0 Å². The Morgan fingerprint density at radius 2 is 2.00 bits per heavy atom. The van der Waals surface area contributed by atoms with E-state index in [9.17, 15) is 9.59 Å². The van der Waals surface area contributed by atoms with Crippen LogP contribution in [0, 0.1) is 19.8 Å².